The number of aliphatic imine (C=N–C) groups is 1. The highest BCUT2D eigenvalue weighted by molar-refractivity contribution is 6.49. The molecule has 306 valence electrons. The average Bonchev–Trinajstić information content (AvgIpc) is 3.22. The van der Waals surface area contributed by atoms with E-state index < -0.39 is 11.9 Å². The van der Waals surface area contributed by atoms with Crippen LogP contribution in [0, 0.1) is 6.92 Å². The molecule has 0 saturated carbocycles. The maximum Gasteiger partial charge on any atom is 0.339 e. The molecule has 0 aliphatic carbocycles. The number of anilines is 2. The smallest absolute Gasteiger partial charge is 0.339 e. The van der Waals surface area contributed by atoms with E-state index in [0.717, 1.165) is 30.5 Å². The summed E-state index contributed by atoms with van der Waals surface area (Å²) in [5.74, 6) is -1.37. The summed E-state index contributed by atoms with van der Waals surface area (Å²) in [6.07, 6.45) is 11.6. The fraction of sp³-hybridized carbons (Fsp3) is 0.370. The van der Waals surface area contributed by atoms with Crippen molar-refractivity contribution >= 4 is 68.8 Å². The SMILES string of the molecule is CCCCCCCCCCCCOC(=O)c1cc(NC(=O)/C(=N\c2ccc(N(CC)CCO)cc2C)c2nc3ccccc3c(=O)n2-c2ccccc2)c(Cl)cc1Cl. The number of aryl methyl sites for hydroxylation is 1. The summed E-state index contributed by atoms with van der Waals surface area (Å²) < 4.78 is 6.96. The third-order valence-corrected chi connectivity index (χ3v) is 10.6. The zero-order chi connectivity index (χ0) is 41.4. The second-order valence-electron chi connectivity index (χ2n) is 14.2. The van der Waals surface area contributed by atoms with Gasteiger partial charge in [-0.2, -0.15) is 0 Å². The van der Waals surface area contributed by atoms with Crippen molar-refractivity contribution in [1.82, 2.24) is 9.55 Å². The van der Waals surface area contributed by atoms with Gasteiger partial charge < -0.3 is 20.1 Å². The molecule has 0 spiro atoms. The first-order valence-electron chi connectivity index (χ1n) is 20.3. The summed E-state index contributed by atoms with van der Waals surface area (Å²) in [5, 5.41) is 13.0. The van der Waals surface area contributed by atoms with Crippen LogP contribution in [0.4, 0.5) is 17.1 Å². The Kier molecular flexibility index (Phi) is 16.9. The minimum absolute atomic E-state index is 0.00614. The van der Waals surface area contributed by atoms with Crippen molar-refractivity contribution in [2.75, 3.05) is 36.5 Å². The predicted molar refractivity (Wildman–Crippen MR) is 237 cm³/mol. The first-order chi connectivity index (χ1) is 28.2. The minimum atomic E-state index is -0.736. The number of benzene rings is 4. The Labute approximate surface area is 350 Å². The number of rotatable bonds is 21. The van der Waals surface area contributed by atoms with Gasteiger partial charge in [0.05, 0.1) is 56.8 Å². The lowest BCUT2D eigenvalue weighted by Gasteiger charge is -2.22. The van der Waals surface area contributed by atoms with Crippen LogP contribution in [0.25, 0.3) is 16.6 Å². The van der Waals surface area contributed by atoms with Crippen molar-refractivity contribution in [3.63, 3.8) is 0 Å². The van der Waals surface area contributed by atoms with Crippen LogP contribution in [0.15, 0.2) is 94.7 Å². The van der Waals surface area contributed by atoms with Crippen LogP contribution < -0.4 is 15.8 Å². The lowest BCUT2D eigenvalue weighted by Crippen LogP contribution is -2.33. The summed E-state index contributed by atoms with van der Waals surface area (Å²) in [4.78, 5) is 53.9. The number of likely N-dealkylation sites (N-methyl/N-ethyl adjacent to an activating group) is 1. The van der Waals surface area contributed by atoms with E-state index in [0.29, 0.717) is 35.4 Å². The molecule has 0 radical (unpaired) electrons. The number of hydrogen-bond donors (Lipinski definition) is 2. The number of carbonyl (C=O) groups excluding carboxylic acids is 2. The molecule has 0 saturated heterocycles. The lowest BCUT2D eigenvalue weighted by atomic mass is 10.1. The number of hydrogen-bond acceptors (Lipinski definition) is 8. The molecule has 0 unspecified atom stereocenters. The molecule has 12 heteroatoms. The van der Waals surface area contributed by atoms with Gasteiger partial charge in [-0.15, -0.1) is 0 Å². The van der Waals surface area contributed by atoms with E-state index in [1.807, 2.05) is 36.9 Å². The van der Waals surface area contributed by atoms with Gasteiger partial charge in [0, 0.05) is 18.8 Å². The molecule has 1 heterocycles. The zero-order valence-corrected chi connectivity index (χ0v) is 35.1. The van der Waals surface area contributed by atoms with Crippen LogP contribution in [-0.4, -0.2) is 58.5 Å². The third kappa shape index (κ3) is 11.6. The zero-order valence-electron chi connectivity index (χ0n) is 33.6. The molecule has 2 N–H and O–H groups in total. The normalized spacial score (nSPS) is 11.5. The molecule has 58 heavy (non-hydrogen) atoms. The van der Waals surface area contributed by atoms with Crippen LogP contribution in [0.2, 0.25) is 10.0 Å². The molecule has 0 atom stereocenters. The summed E-state index contributed by atoms with van der Waals surface area (Å²) in [6.45, 7) is 7.45. The number of ether oxygens (including phenoxy) is 1. The number of carbonyl (C=O) groups is 2. The van der Waals surface area contributed by atoms with E-state index in [1.165, 1.54) is 61.6 Å². The highest BCUT2D eigenvalue weighted by atomic mass is 35.5. The largest absolute Gasteiger partial charge is 0.462 e. The maximum absolute atomic E-state index is 14.6. The van der Waals surface area contributed by atoms with Crippen LogP contribution >= 0.6 is 23.2 Å². The molecule has 5 rings (SSSR count). The van der Waals surface area contributed by atoms with Crippen LogP contribution in [0.3, 0.4) is 0 Å². The molecule has 4 aromatic carbocycles. The van der Waals surface area contributed by atoms with Gasteiger partial charge in [-0.3, -0.25) is 14.2 Å². The third-order valence-electron chi connectivity index (χ3n) is 10.0. The fourth-order valence-corrected chi connectivity index (χ4v) is 7.31. The average molecular weight is 827 g/mol. The minimum Gasteiger partial charge on any atom is -0.462 e. The van der Waals surface area contributed by atoms with Crippen LogP contribution in [0.1, 0.15) is 99.8 Å². The van der Waals surface area contributed by atoms with Gasteiger partial charge in [-0.05, 0) is 80.4 Å². The number of unbranched alkanes of at least 4 members (excludes halogenated alkanes) is 9. The summed E-state index contributed by atoms with van der Waals surface area (Å²) in [7, 11) is 0. The lowest BCUT2D eigenvalue weighted by molar-refractivity contribution is -0.110. The monoisotopic (exact) mass is 825 g/mol. The van der Waals surface area contributed by atoms with Gasteiger partial charge in [0.25, 0.3) is 11.5 Å². The first-order valence-corrected chi connectivity index (χ1v) is 21.0. The number of fused-ring (bicyclic) bond motifs is 1. The van der Waals surface area contributed by atoms with Crippen LogP contribution in [-0.2, 0) is 9.53 Å². The quantitative estimate of drug-likeness (QED) is 0.0428. The van der Waals surface area contributed by atoms with Crippen molar-refractivity contribution in [3.8, 4) is 5.69 Å². The standard InChI is InChI=1S/C46H53Cl2N5O5/c1-4-6-7-8-9-10-11-12-13-19-28-58-46(57)36-30-41(38(48)31-37(36)47)51-44(55)42(49-39-25-24-34(29-32(39)3)52(5-2)26-27-54)43-50-40-23-18-17-22-35(40)45(56)53(43)33-20-15-14-16-21-33/h14-18,20-25,29-31,54H,4-13,19,26-28H2,1-3H3,(H,51,55)/b49-42-. The van der Waals surface area contributed by atoms with E-state index in [2.05, 4.69) is 12.2 Å². The van der Waals surface area contributed by atoms with E-state index in [1.54, 1.807) is 54.6 Å². The summed E-state index contributed by atoms with van der Waals surface area (Å²) >= 11 is 13.1. The van der Waals surface area contributed by atoms with Gasteiger partial charge in [-0.25, -0.2) is 14.8 Å². The van der Waals surface area contributed by atoms with E-state index in [9.17, 15) is 19.5 Å². The van der Waals surface area contributed by atoms with E-state index >= 15 is 0 Å². The molecular weight excluding hydrogens is 773 g/mol. The van der Waals surface area contributed by atoms with Crippen LogP contribution in [0.5, 0.6) is 0 Å². The Hall–Kier alpha value is -5.03. The van der Waals surface area contributed by atoms with Gasteiger partial charge in [0.15, 0.2) is 11.5 Å². The number of aliphatic hydroxyl groups excluding tert-OH is 1. The molecule has 10 nitrogen and oxygen atoms in total. The van der Waals surface area contributed by atoms with Gasteiger partial charge in [0.2, 0.25) is 0 Å². The second-order valence-corrected chi connectivity index (χ2v) is 15.1. The van der Waals surface area contributed by atoms with Gasteiger partial charge >= 0.3 is 5.97 Å². The van der Waals surface area contributed by atoms with Gasteiger partial charge in [0.1, 0.15) is 0 Å². The number of nitrogens with zero attached hydrogens (tertiary/aromatic N) is 4. The molecule has 1 aromatic heterocycles. The maximum atomic E-state index is 14.6. The van der Waals surface area contributed by atoms with Crippen molar-refractivity contribution in [1.29, 1.82) is 0 Å². The Bertz CT molecular complexity index is 2260. The highest BCUT2D eigenvalue weighted by Crippen LogP contribution is 2.31. The topological polar surface area (TPSA) is 126 Å². The van der Waals surface area contributed by atoms with Crippen molar-refractivity contribution in [2.24, 2.45) is 4.99 Å². The van der Waals surface area contributed by atoms with Crippen molar-refractivity contribution in [3.05, 3.63) is 122 Å². The number of para-hydroxylation sites is 2. The number of aliphatic hydroxyl groups is 1. The summed E-state index contributed by atoms with van der Waals surface area (Å²) in [6, 6.07) is 24.2. The molecular formula is C46H53Cl2N5O5. The highest BCUT2D eigenvalue weighted by Gasteiger charge is 2.26. The molecule has 0 aliphatic heterocycles. The Morgan fingerprint density at radius 3 is 2.19 bits per heavy atom. The van der Waals surface area contributed by atoms with E-state index in [-0.39, 0.29) is 51.6 Å². The van der Waals surface area contributed by atoms with E-state index in [4.69, 9.17) is 37.9 Å². The Balaban J connectivity index is 1.46. The first kappa shape index (κ1) is 44.1. The van der Waals surface area contributed by atoms with Crippen molar-refractivity contribution < 1.29 is 19.4 Å². The Morgan fingerprint density at radius 1 is 0.845 bits per heavy atom. The number of halogens is 2. The molecule has 5 aromatic rings. The number of aromatic nitrogens is 2. The summed E-state index contributed by atoms with van der Waals surface area (Å²) in [5.41, 5.74) is 2.50. The number of nitrogens with one attached hydrogen (secondary N) is 1. The predicted octanol–water partition coefficient (Wildman–Crippen LogP) is 10.7. The molecule has 1 amide bonds. The van der Waals surface area contributed by atoms with Crippen molar-refractivity contribution in [2.45, 2.75) is 85.0 Å². The number of amides is 1. The fourth-order valence-electron chi connectivity index (χ4n) is 6.80. The molecule has 0 fully saturated rings. The van der Waals surface area contributed by atoms with Gasteiger partial charge in [-0.1, -0.05) is 118 Å². The second kappa shape index (κ2) is 22.2. The number of esters is 1. The molecule has 0 bridgehead atoms. The Morgan fingerprint density at radius 2 is 1.52 bits per heavy atom. The molecule has 0 aliphatic rings.